The summed E-state index contributed by atoms with van der Waals surface area (Å²) in [7, 11) is 0. The number of rotatable bonds is 6. The van der Waals surface area contributed by atoms with Crippen molar-refractivity contribution in [1.82, 2.24) is 14.8 Å². The Kier molecular flexibility index (Phi) is 5.99. The third kappa shape index (κ3) is 4.77. The fraction of sp³-hybridized carbons (Fsp3) is 0.179. The predicted octanol–water partition coefficient (Wildman–Crippen LogP) is 6.65. The van der Waals surface area contributed by atoms with E-state index in [1.165, 1.54) is 10.3 Å². The molecule has 3 aromatic carbocycles. The molecule has 0 radical (unpaired) electrons. The number of thiazole rings is 1. The maximum absolute atomic E-state index is 12.5. The fourth-order valence-electron chi connectivity index (χ4n) is 4.03. The van der Waals surface area contributed by atoms with Gasteiger partial charge in [-0.25, -0.2) is 9.67 Å². The van der Waals surface area contributed by atoms with Crippen LogP contribution in [0.3, 0.4) is 0 Å². The van der Waals surface area contributed by atoms with Crippen molar-refractivity contribution in [2.45, 2.75) is 33.6 Å². The molecule has 2 aromatic heterocycles. The van der Waals surface area contributed by atoms with Crippen molar-refractivity contribution in [3.8, 4) is 16.3 Å². The molecule has 1 amide bonds. The van der Waals surface area contributed by atoms with Crippen molar-refractivity contribution < 1.29 is 4.79 Å². The highest BCUT2D eigenvalue weighted by atomic mass is 32.1. The van der Waals surface area contributed by atoms with E-state index in [1.54, 1.807) is 11.3 Å². The molecule has 0 saturated carbocycles. The van der Waals surface area contributed by atoms with Crippen LogP contribution in [0.2, 0.25) is 0 Å². The minimum absolute atomic E-state index is 0.00540. The first-order valence-electron chi connectivity index (χ1n) is 11.3. The number of fused-ring (bicyclic) bond motifs is 1. The van der Waals surface area contributed by atoms with Crippen molar-refractivity contribution in [1.29, 1.82) is 0 Å². The molecule has 0 saturated heterocycles. The summed E-state index contributed by atoms with van der Waals surface area (Å²) < 4.78 is 3.13. The molecule has 0 aliphatic rings. The molecule has 5 nitrogen and oxygen atoms in total. The molecule has 0 spiro atoms. The summed E-state index contributed by atoms with van der Waals surface area (Å²) in [6.07, 6.45) is 1.12. The number of nitrogens with zero attached hydrogens (tertiary/aromatic N) is 3. The second kappa shape index (κ2) is 9.23. The zero-order valence-electron chi connectivity index (χ0n) is 19.5. The summed E-state index contributed by atoms with van der Waals surface area (Å²) in [6.45, 7) is 6.13. The zero-order chi connectivity index (χ0) is 23.7. The standard InChI is InChI=1S/C28H26N4OS/c1-18-4-14-25-26(16-18)34-28(30-25)22-8-10-23(11-9-22)29-27(33)15-7-21-5-12-24(13-6-21)32-20(3)17-19(2)31-32/h4-6,8-14,16-17H,7,15H2,1-3H3,(H,29,33). The lowest BCUT2D eigenvalue weighted by molar-refractivity contribution is -0.116. The highest BCUT2D eigenvalue weighted by Gasteiger charge is 2.09. The minimum Gasteiger partial charge on any atom is -0.326 e. The largest absolute Gasteiger partial charge is 0.326 e. The molecule has 1 N–H and O–H groups in total. The number of aryl methyl sites for hydroxylation is 4. The lowest BCUT2D eigenvalue weighted by Crippen LogP contribution is -2.12. The van der Waals surface area contributed by atoms with Crippen molar-refractivity contribution in [3.63, 3.8) is 0 Å². The number of benzene rings is 3. The van der Waals surface area contributed by atoms with Crippen molar-refractivity contribution in [2.24, 2.45) is 0 Å². The molecular weight excluding hydrogens is 440 g/mol. The van der Waals surface area contributed by atoms with Gasteiger partial charge in [-0.1, -0.05) is 18.2 Å². The lowest BCUT2D eigenvalue weighted by atomic mass is 10.1. The monoisotopic (exact) mass is 466 g/mol. The van der Waals surface area contributed by atoms with Gasteiger partial charge in [-0.15, -0.1) is 11.3 Å². The van der Waals surface area contributed by atoms with Gasteiger partial charge in [0.25, 0.3) is 0 Å². The average Bonchev–Trinajstić information content (AvgIpc) is 3.40. The first kappa shape index (κ1) is 22.0. The summed E-state index contributed by atoms with van der Waals surface area (Å²) in [5, 5.41) is 8.51. The third-order valence-electron chi connectivity index (χ3n) is 5.79. The van der Waals surface area contributed by atoms with Crippen LogP contribution in [-0.4, -0.2) is 20.7 Å². The maximum atomic E-state index is 12.5. The van der Waals surface area contributed by atoms with E-state index in [9.17, 15) is 4.79 Å². The van der Waals surface area contributed by atoms with Gasteiger partial charge in [-0.3, -0.25) is 4.79 Å². The van der Waals surface area contributed by atoms with Crippen LogP contribution in [-0.2, 0) is 11.2 Å². The first-order chi connectivity index (χ1) is 16.4. The molecular formula is C28H26N4OS. The highest BCUT2D eigenvalue weighted by Crippen LogP contribution is 2.31. The van der Waals surface area contributed by atoms with Gasteiger partial charge in [0.05, 0.1) is 21.6 Å². The van der Waals surface area contributed by atoms with Crippen molar-refractivity contribution in [3.05, 3.63) is 95.3 Å². The zero-order valence-corrected chi connectivity index (χ0v) is 20.3. The molecule has 0 atom stereocenters. The van der Waals surface area contributed by atoms with E-state index in [-0.39, 0.29) is 5.91 Å². The summed E-state index contributed by atoms with van der Waals surface area (Å²) >= 11 is 1.69. The molecule has 6 heteroatoms. The van der Waals surface area contributed by atoms with Crippen LogP contribution in [0, 0.1) is 20.8 Å². The Morgan fingerprint density at radius 1 is 0.941 bits per heavy atom. The number of aromatic nitrogens is 3. The predicted molar refractivity (Wildman–Crippen MR) is 140 cm³/mol. The van der Waals surface area contributed by atoms with Crippen molar-refractivity contribution in [2.75, 3.05) is 5.32 Å². The van der Waals surface area contributed by atoms with E-state index < -0.39 is 0 Å². The molecule has 5 rings (SSSR count). The quantitative estimate of drug-likeness (QED) is 0.305. The topological polar surface area (TPSA) is 59.8 Å². The van der Waals surface area contributed by atoms with Crippen LogP contribution in [0.5, 0.6) is 0 Å². The Bertz CT molecular complexity index is 1460. The lowest BCUT2D eigenvalue weighted by Gasteiger charge is -2.08. The summed E-state index contributed by atoms with van der Waals surface area (Å²) in [5.41, 5.74) is 8.37. The fourth-order valence-corrected chi connectivity index (χ4v) is 5.10. The van der Waals surface area contributed by atoms with Crippen LogP contribution in [0.15, 0.2) is 72.8 Å². The van der Waals surface area contributed by atoms with Crippen LogP contribution < -0.4 is 5.32 Å². The van der Waals surface area contributed by atoms with E-state index in [0.717, 1.165) is 44.4 Å². The molecule has 0 bridgehead atoms. The normalized spacial score (nSPS) is 11.1. The molecule has 0 unspecified atom stereocenters. The Morgan fingerprint density at radius 3 is 2.41 bits per heavy atom. The second-order valence-electron chi connectivity index (χ2n) is 8.62. The second-order valence-corrected chi connectivity index (χ2v) is 9.65. The number of hydrogen-bond donors (Lipinski definition) is 1. The van der Waals surface area contributed by atoms with Gasteiger partial charge in [0.15, 0.2) is 0 Å². The molecule has 5 aromatic rings. The summed E-state index contributed by atoms with van der Waals surface area (Å²) in [4.78, 5) is 17.2. The number of hydrogen-bond acceptors (Lipinski definition) is 4. The van der Waals surface area contributed by atoms with E-state index in [1.807, 2.05) is 42.8 Å². The highest BCUT2D eigenvalue weighted by molar-refractivity contribution is 7.21. The van der Waals surface area contributed by atoms with Gasteiger partial charge in [0.2, 0.25) is 5.91 Å². The Hall–Kier alpha value is -3.77. The molecule has 170 valence electrons. The average molecular weight is 467 g/mol. The number of carbonyl (C=O) groups excluding carboxylic acids is 1. The van der Waals surface area contributed by atoms with Crippen LogP contribution >= 0.6 is 11.3 Å². The van der Waals surface area contributed by atoms with Gasteiger partial charge in [0.1, 0.15) is 5.01 Å². The number of carbonyl (C=O) groups is 1. The van der Waals surface area contributed by atoms with Gasteiger partial charge in [-0.2, -0.15) is 5.10 Å². The SMILES string of the molecule is Cc1ccc2nc(-c3ccc(NC(=O)CCc4ccc(-n5nc(C)cc5C)cc4)cc3)sc2c1. The Balaban J connectivity index is 1.18. The Labute approximate surface area is 203 Å². The maximum Gasteiger partial charge on any atom is 0.224 e. The van der Waals surface area contributed by atoms with Crippen molar-refractivity contribution >= 4 is 33.1 Å². The van der Waals surface area contributed by atoms with Crippen LogP contribution in [0.4, 0.5) is 5.69 Å². The summed E-state index contributed by atoms with van der Waals surface area (Å²) in [5.74, 6) is 0.00540. The van der Waals surface area contributed by atoms with Gasteiger partial charge in [0, 0.05) is 23.4 Å². The third-order valence-corrected chi connectivity index (χ3v) is 6.86. The first-order valence-corrected chi connectivity index (χ1v) is 12.2. The molecule has 0 aliphatic carbocycles. The molecule has 0 fully saturated rings. The Morgan fingerprint density at radius 2 is 1.71 bits per heavy atom. The number of amides is 1. The van der Waals surface area contributed by atoms with E-state index in [0.29, 0.717) is 12.8 Å². The smallest absolute Gasteiger partial charge is 0.224 e. The van der Waals surface area contributed by atoms with Gasteiger partial charge >= 0.3 is 0 Å². The minimum atomic E-state index is 0.00540. The molecule has 34 heavy (non-hydrogen) atoms. The van der Waals surface area contributed by atoms with Gasteiger partial charge in [-0.05, 0) is 92.9 Å². The number of anilines is 1. The van der Waals surface area contributed by atoms with E-state index in [4.69, 9.17) is 4.98 Å². The van der Waals surface area contributed by atoms with Crippen LogP contribution in [0.1, 0.15) is 28.9 Å². The van der Waals surface area contributed by atoms with Gasteiger partial charge < -0.3 is 5.32 Å². The van der Waals surface area contributed by atoms with Crippen LogP contribution in [0.25, 0.3) is 26.5 Å². The summed E-state index contributed by atoms with van der Waals surface area (Å²) in [6, 6.07) is 24.5. The van der Waals surface area contributed by atoms with E-state index >= 15 is 0 Å². The van der Waals surface area contributed by atoms with E-state index in [2.05, 4.69) is 65.9 Å². The molecule has 2 heterocycles. The molecule has 0 aliphatic heterocycles. The number of nitrogens with one attached hydrogen (secondary N) is 1.